The van der Waals surface area contributed by atoms with Crippen LogP contribution >= 0.6 is 23.1 Å². The van der Waals surface area contributed by atoms with Crippen LogP contribution in [0.2, 0.25) is 0 Å². The lowest BCUT2D eigenvalue weighted by Gasteiger charge is -2.13. The Morgan fingerprint density at radius 3 is 2.77 bits per heavy atom. The maximum Gasteiger partial charge on any atom is 0.271 e. The van der Waals surface area contributed by atoms with Gasteiger partial charge in [0.2, 0.25) is 5.91 Å². The Kier molecular flexibility index (Phi) is 5.63. The largest absolute Gasteiger partial charge is 0.494 e. The van der Waals surface area contributed by atoms with Crippen molar-refractivity contribution in [2.45, 2.75) is 24.3 Å². The van der Waals surface area contributed by atoms with Gasteiger partial charge in [-0.25, -0.2) is 4.98 Å². The van der Waals surface area contributed by atoms with Crippen LogP contribution in [0.4, 0.5) is 5.69 Å². The highest BCUT2D eigenvalue weighted by Crippen LogP contribution is 2.25. The number of fused-ring (bicyclic) bond motifs is 1. The van der Waals surface area contributed by atoms with Gasteiger partial charge in [0.15, 0.2) is 5.16 Å². The molecule has 1 aromatic carbocycles. The molecule has 0 aliphatic rings. The number of benzene rings is 1. The van der Waals surface area contributed by atoms with Crippen LogP contribution < -0.4 is 15.6 Å². The Balaban J connectivity index is 1.71. The van der Waals surface area contributed by atoms with E-state index >= 15 is 0 Å². The minimum Gasteiger partial charge on any atom is -0.494 e. The van der Waals surface area contributed by atoms with Crippen molar-refractivity contribution in [1.82, 2.24) is 9.55 Å². The van der Waals surface area contributed by atoms with Gasteiger partial charge in [-0.3, -0.25) is 14.2 Å². The lowest BCUT2D eigenvalue weighted by molar-refractivity contribution is -0.115. The molecule has 0 bridgehead atoms. The van der Waals surface area contributed by atoms with Gasteiger partial charge in [0.1, 0.15) is 10.4 Å². The van der Waals surface area contributed by atoms with Crippen molar-refractivity contribution in [1.29, 1.82) is 0 Å². The highest BCUT2D eigenvalue weighted by Gasteiger charge is 2.18. The summed E-state index contributed by atoms with van der Waals surface area (Å²) < 4.78 is 7.51. The van der Waals surface area contributed by atoms with Crippen LogP contribution in [0.3, 0.4) is 0 Å². The smallest absolute Gasteiger partial charge is 0.271 e. The zero-order chi connectivity index (χ0) is 18.7. The van der Waals surface area contributed by atoms with Gasteiger partial charge in [0.05, 0.1) is 17.4 Å². The fourth-order valence-electron chi connectivity index (χ4n) is 2.33. The van der Waals surface area contributed by atoms with Gasteiger partial charge in [-0.05, 0) is 49.6 Å². The van der Waals surface area contributed by atoms with Crippen molar-refractivity contribution >= 4 is 44.9 Å². The molecule has 1 atom stereocenters. The number of nitrogens with one attached hydrogen (secondary N) is 1. The first kappa shape index (κ1) is 18.5. The number of thioether (sulfide) groups is 1. The van der Waals surface area contributed by atoms with Crippen molar-refractivity contribution in [2.24, 2.45) is 7.05 Å². The molecule has 136 valence electrons. The third-order valence-corrected chi connectivity index (χ3v) is 5.77. The second-order valence-electron chi connectivity index (χ2n) is 5.60. The average Bonchev–Trinajstić information content (AvgIpc) is 3.10. The van der Waals surface area contributed by atoms with Crippen molar-refractivity contribution in [2.75, 3.05) is 11.9 Å². The van der Waals surface area contributed by atoms with E-state index in [1.54, 1.807) is 26.1 Å². The van der Waals surface area contributed by atoms with Crippen molar-refractivity contribution in [3.05, 3.63) is 46.1 Å². The third kappa shape index (κ3) is 3.91. The molecule has 2 heterocycles. The number of carbonyl (C=O) groups excluding carboxylic acids is 1. The van der Waals surface area contributed by atoms with Crippen LogP contribution in [0.5, 0.6) is 5.75 Å². The SMILES string of the molecule is CCOc1ccc(NC(=O)[C@@H](C)Sc2nc3ccsc3c(=O)n2C)cc1. The van der Waals surface area contributed by atoms with Crippen LogP contribution in [-0.2, 0) is 11.8 Å². The fourth-order valence-corrected chi connectivity index (χ4v) is 4.01. The minimum atomic E-state index is -0.407. The first-order valence-corrected chi connectivity index (χ1v) is 9.90. The average molecular weight is 390 g/mol. The van der Waals surface area contributed by atoms with Crippen LogP contribution in [-0.4, -0.2) is 27.3 Å². The van der Waals surface area contributed by atoms with E-state index in [9.17, 15) is 9.59 Å². The Morgan fingerprint density at radius 2 is 2.08 bits per heavy atom. The summed E-state index contributed by atoms with van der Waals surface area (Å²) >= 11 is 2.63. The van der Waals surface area contributed by atoms with E-state index in [4.69, 9.17) is 4.74 Å². The molecule has 0 radical (unpaired) electrons. The van der Waals surface area contributed by atoms with E-state index in [0.717, 1.165) is 5.75 Å². The van der Waals surface area contributed by atoms with Gasteiger partial charge in [0, 0.05) is 12.7 Å². The van der Waals surface area contributed by atoms with Crippen molar-refractivity contribution in [3.8, 4) is 5.75 Å². The molecule has 0 fully saturated rings. The maximum absolute atomic E-state index is 12.5. The Bertz CT molecular complexity index is 980. The molecule has 2 aromatic heterocycles. The molecule has 3 aromatic rings. The summed E-state index contributed by atoms with van der Waals surface area (Å²) in [6, 6.07) is 9.03. The number of aromatic nitrogens is 2. The number of anilines is 1. The van der Waals surface area contributed by atoms with E-state index in [1.165, 1.54) is 27.7 Å². The Hall–Kier alpha value is -2.32. The summed E-state index contributed by atoms with van der Waals surface area (Å²) in [5, 5.41) is 4.83. The zero-order valence-corrected chi connectivity index (χ0v) is 16.3. The number of rotatable bonds is 6. The summed E-state index contributed by atoms with van der Waals surface area (Å²) in [5.74, 6) is 0.606. The molecule has 0 saturated heterocycles. The molecule has 0 spiro atoms. The summed E-state index contributed by atoms with van der Waals surface area (Å²) in [6.45, 7) is 4.31. The van der Waals surface area contributed by atoms with Crippen LogP contribution in [0.25, 0.3) is 10.2 Å². The first-order valence-electron chi connectivity index (χ1n) is 8.14. The molecule has 0 saturated carbocycles. The van der Waals surface area contributed by atoms with Gasteiger partial charge in [-0.15, -0.1) is 11.3 Å². The fraction of sp³-hybridized carbons (Fsp3) is 0.278. The molecular weight excluding hydrogens is 370 g/mol. The number of amides is 1. The molecule has 6 nitrogen and oxygen atoms in total. The number of ether oxygens (including phenoxy) is 1. The predicted octanol–water partition coefficient (Wildman–Crippen LogP) is 3.51. The van der Waals surface area contributed by atoms with E-state index in [1.807, 2.05) is 30.5 Å². The molecule has 3 rings (SSSR count). The van der Waals surface area contributed by atoms with Crippen LogP contribution in [0.15, 0.2) is 45.7 Å². The van der Waals surface area contributed by atoms with Gasteiger partial charge in [-0.2, -0.15) is 0 Å². The van der Waals surface area contributed by atoms with Gasteiger partial charge in [-0.1, -0.05) is 11.8 Å². The highest BCUT2D eigenvalue weighted by atomic mass is 32.2. The Labute approximate surface area is 159 Å². The lowest BCUT2D eigenvalue weighted by atomic mass is 10.3. The van der Waals surface area contributed by atoms with E-state index in [-0.39, 0.29) is 11.5 Å². The number of carbonyl (C=O) groups is 1. The van der Waals surface area contributed by atoms with E-state index in [2.05, 4.69) is 10.3 Å². The summed E-state index contributed by atoms with van der Waals surface area (Å²) in [6.07, 6.45) is 0. The predicted molar refractivity (Wildman–Crippen MR) is 106 cm³/mol. The molecule has 1 amide bonds. The molecule has 8 heteroatoms. The second-order valence-corrected chi connectivity index (χ2v) is 7.82. The Morgan fingerprint density at radius 1 is 1.35 bits per heavy atom. The van der Waals surface area contributed by atoms with E-state index < -0.39 is 5.25 Å². The monoisotopic (exact) mass is 389 g/mol. The molecule has 1 N–H and O–H groups in total. The van der Waals surface area contributed by atoms with Gasteiger partial charge < -0.3 is 10.1 Å². The number of thiophene rings is 1. The first-order chi connectivity index (χ1) is 12.5. The summed E-state index contributed by atoms with van der Waals surface area (Å²) in [5.41, 5.74) is 1.27. The minimum absolute atomic E-state index is 0.0911. The van der Waals surface area contributed by atoms with Gasteiger partial charge in [0.25, 0.3) is 5.56 Å². The van der Waals surface area contributed by atoms with E-state index in [0.29, 0.717) is 27.7 Å². The molecular formula is C18H19N3O3S2. The highest BCUT2D eigenvalue weighted by molar-refractivity contribution is 8.00. The van der Waals surface area contributed by atoms with Crippen molar-refractivity contribution < 1.29 is 9.53 Å². The number of nitrogens with zero attached hydrogens (tertiary/aromatic N) is 2. The summed E-state index contributed by atoms with van der Waals surface area (Å²) in [4.78, 5) is 29.3. The topological polar surface area (TPSA) is 73.2 Å². The van der Waals surface area contributed by atoms with Crippen molar-refractivity contribution in [3.63, 3.8) is 0 Å². The zero-order valence-electron chi connectivity index (χ0n) is 14.7. The molecule has 26 heavy (non-hydrogen) atoms. The maximum atomic E-state index is 12.5. The van der Waals surface area contributed by atoms with Crippen LogP contribution in [0, 0.1) is 0 Å². The lowest BCUT2D eigenvalue weighted by Crippen LogP contribution is -2.25. The normalized spacial score (nSPS) is 12.1. The van der Waals surface area contributed by atoms with Crippen LogP contribution in [0.1, 0.15) is 13.8 Å². The summed E-state index contributed by atoms with van der Waals surface area (Å²) in [7, 11) is 1.67. The number of hydrogen-bond acceptors (Lipinski definition) is 6. The number of hydrogen-bond donors (Lipinski definition) is 1. The second kappa shape index (κ2) is 7.92. The standard InChI is InChI=1S/C18H19N3O3S2/c1-4-24-13-7-5-12(6-8-13)19-16(22)11(2)26-18-20-14-9-10-25-15(14)17(23)21(18)3/h5-11H,4H2,1-3H3,(H,19,22)/t11-/m1/s1. The molecule has 0 aliphatic heterocycles. The quantitative estimate of drug-likeness (QED) is 0.516. The molecule has 0 unspecified atom stereocenters. The third-order valence-electron chi connectivity index (χ3n) is 3.73. The molecule has 0 aliphatic carbocycles. The van der Waals surface area contributed by atoms with Gasteiger partial charge >= 0.3 is 0 Å².